The van der Waals surface area contributed by atoms with E-state index in [4.69, 9.17) is 9.29 Å². The van der Waals surface area contributed by atoms with Gasteiger partial charge in [0.1, 0.15) is 5.75 Å². The molecule has 0 amide bonds. The average molecular weight is 348 g/mol. The molecule has 0 saturated carbocycles. The van der Waals surface area contributed by atoms with Crippen LogP contribution in [0.15, 0.2) is 35.7 Å². The fraction of sp³-hybridized carbons (Fsp3) is 0. The second-order valence-electron chi connectivity index (χ2n) is 4.26. The summed E-state index contributed by atoms with van der Waals surface area (Å²) >= 11 is 0. The first kappa shape index (κ1) is 17.0. The second kappa shape index (κ2) is 6.01. The van der Waals surface area contributed by atoms with Crippen molar-refractivity contribution >= 4 is 16.2 Å². The van der Waals surface area contributed by atoms with E-state index in [-0.39, 0.29) is 5.75 Å². The Hall–Kier alpha value is -2.39. The minimum absolute atomic E-state index is 0.180. The van der Waals surface area contributed by atoms with Crippen LogP contribution in [0, 0.1) is 23.3 Å². The van der Waals surface area contributed by atoms with E-state index in [2.05, 4.69) is 6.58 Å². The zero-order chi connectivity index (χ0) is 17.4. The van der Waals surface area contributed by atoms with Gasteiger partial charge >= 0.3 is 10.1 Å². The monoisotopic (exact) mass is 348 g/mol. The summed E-state index contributed by atoms with van der Waals surface area (Å²) in [5.41, 5.74) is 0.641. The number of rotatable bonds is 4. The Morgan fingerprint density at radius 2 is 1.52 bits per heavy atom. The Bertz CT molecular complexity index is 877. The van der Waals surface area contributed by atoms with Gasteiger partial charge in [-0.2, -0.15) is 12.8 Å². The molecule has 2 aromatic carbocycles. The van der Waals surface area contributed by atoms with Crippen LogP contribution in [0.3, 0.4) is 0 Å². The third-order valence-electron chi connectivity index (χ3n) is 2.78. The fourth-order valence-corrected chi connectivity index (χ4v) is 2.33. The van der Waals surface area contributed by atoms with Gasteiger partial charge in [0.25, 0.3) is 0 Å². The summed E-state index contributed by atoms with van der Waals surface area (Å²) < 4.78 is 89.8. The molecule has 0 bridgehead atoms. The van der Waals surface area contributed by atoms with Crippen LogP contribution < -0.4 is 4.74 Å². The minimum atomic E-state index is -5.48. The van der Waals surface area contributed by atoms with Gasteiger partial charge in [-0.25, -0.2) is 13.2 Å². The smallest absolute Gasteiger partial charge is 0.300 e. The van der Waals surface area contributed by atoms with Crippen molar-refractivity contribution in [3.05, 3.63) is 59.7 Å². The molecule has 0 saturated heterocycles. The van der Waals surface area contributed by atoms with E-state index in [1.54, 1.807) is 0 Å². The van der Waals surface area contributed by atoms with E-state index in [0.717, 1.165) is 0 Å². The summed E-state index contributed by atoms with van der Waals surface area (Å²) in [6, 6.07) is 5.37. The Morgan fingerprint density at radius 1 is 0.957 bits per heavy atom. The topological polar surface area (TPSA) is 63.6 Å². The lowest BCUT2D eigenvalue weighted by Gasteiger charge is -2.12. The first-order valence-electron chi connectivity index (χ1n) is 5.90. The van der Waals surface area contributed by atoms with Crippen molar-refractivity contribution in [2.45, 2.75) is 4.90 Å². The Labute approximate surface area is 128 Å². The lowest BCUT2D eigenvalue weighted by atomic mass is 10.2. The second-order valence-corrected chi connectivity index (χ2v) is 5.62. The van der Waals surface area contributed by atoms with Crippen molar-refractivity contribution in [3.8, 4) is 11.5 Å². The van der Waals surface area contributed by atoms with Crippen molar-refractivity contribution in [3.63, 3.8) is 0 Å². The van der Waals surface area contributed by atoms with Crippen LogP contribution >= 0.6 is 0 Å². The standard InChI is InChI=1S/C14H8F4O4S/c1-2-7-3-5-8(6-4-7)22-13-10(16)9(15)11(17)14(12(13)18)23(19,20)21/h2-6H,1H2,(H,19,20,21). The number of hydrogen-bond acceptors (Lipinski definition) is 3. The average Bonchev–Trinajstić information content (AvgIpc) is 2.49. The maximum atomic E-state index is 14.0. The first-order chi connectivity index (χ1) is 10.7. The Kier molecular flexibility index (Phi) is 4.44. The van der Waals surface area contributed by atoms with Crippen molar-refractivity contribution in [1.29, 1.82) is 0 Å². The largest absolute Gasteiger partial charge is 0.451 e. The maximum absolute atomic E-state index is 14.0. The third kappa shape index (κ3) is 3.20. The normalized spacial score (nSPS) is 11.3. The van der Waals surface area contributed by atoms with E-state index in [1.165, 1.54) is 30.3 Å². The highest BCUT2D eigenvalue weighted by Crippen LogP contribution is 2.35. The van der Waals surface area contributed by atoms with Gasteiger partial charge in [0, 0.05) is 0 Å². The summed E-state index contributed by atoms with van der Waals surface area (Å²) in [5, 5.41) is 0. The SMILES string of the molecule is C=Cc1ccc(Oc2c(F)c(F)c(F)c(S(=O)(=O)O)c2F)cc1. The summed E-state index contributed by atoms with van der Waals surface area (Å²) in [4.78, 5) is -2.03. The summed E-state index contributed by atoms with van der Waals surface area (Å²) in [6.45, 7) is 3.49. The van der Waals surface area contributed by atoms with Gasteiger partial charge in [0.2, 0.25) is 11.6 Å². The molecule has 0 heterocycles. The minimum Gasteiger partial charge on any atom is -0.451 e. The molecule has 122 valence electrons. The quantitative estimate of drug-likeness (QED) is 0.394. The molecule has 0 aliphatic heterocycles. The Balaban J connectivity index is 2.62. The molecule has 2 aromatic rings. The number of hydrogen-bond donors (Lipinski definition) is 1. The van der Waals surface area contributed by atoms with Crippen molar-refractivity contribution in [2.24, 2.45) is 0 Å². The van der Waals surface area contributed by atoms with Crippen molar-refractivity contribution in [1.82, 2.24) is 0 Å². The zero-order valence-corrected chi connectivity index (χ0v) is 12.0. The molecule has 0 radical (unpaired) electrons. The highest BCUT2D eigenvalue weighted by Gasteiger charge is 2.33. The molecule has 0 spiro atoms. The van der Waals surface area contributed by atoms with Gasteiger partial charge in [-0.3, -0.25) is 4.55 Å². The van der Waals surface area contributed by atoms with Gasteiger partial charge in [-0.15, -0.1) is 0 Å². The van der Waals surface area contributed by atoms with Crippen LogP contribution in [0.1, 0.15) is 5.56 Å². The predicted molar refractivity (Wildman–Crippen MR) is 72.7 cm³/mol. The molecule has 0 aliphatic carbocycles. The molecule has 0 atom stereocenters. The van der Waals surface area contributed by atoms with Crippen LogP contribution in [-0.2, 0) is 10.1 Å². The molecular formula is C14H8F4O4S. The molecule has 2 rings (SSSR count). The molecule has 0 unspecified atom stereocenters. The van der Waals surface area contributed by atoms with Gasteiger partial charge in [0.05, 0.1) is 0 Å². The molecule has 0 aromatic heterocycles. The lowest BCUT2D eigenvalue weighted by molar-refractivity contribution is 0.347. The van der Waals surface area contributed by atoms with Crippen LogP contribution in [0.5, 0.6) is 11.5 Å². The van der Waals surface area contributed by atoms with Crippen LogP contribution in [0.2, 0.25) is 0 Å². The molecule has 1 N–H and O–H groups in total. The van der Waals surface area contributed by atoms with Crippen LogP contribution in [0.4, 0.5) is 17.6 Å². The van der Waals surface area contributed by atoms with E-state index in [9.17, 15) is 26.0 Å². The van der Waals surface area contributed by atoms with Gasteiger partial charge < -0.3 is 4.74 Å². The van der Waals surface area contributed by atoms with E-state index < -0.39 is 44.0 Å². The highest BCUT2D eigenvalue weighted by molar-refractivity contribution is 7.85. The van der Waals surface area contributed by atoms with Crippen LogP contribution in [-0.4, -0.2) is 13.0 Å². The summed E-state index contributed by atoms with van der Waals surface area (Å²) in [7, 11) is -5.48. The fourth-order valence-electron chi connectivity index (χ4n) is 1.70. The number of ether oxygens (including phenoxy) is 1. The van der Waals surface area contributed by atoms with Gasteiger partial charge in [0.15, 0.2) is 22.3 Å². The molecule has 23 heavy (non-hydrogen) atoms. The van der Waals surface area contributed by atoms with E-state index in [0.29, 0.717) is 5.56 Å². The van der Waals surface area contributed by atoms with Gasteiger partial charge in [-0.1, -0.05) is 24.8 Å². The molecule has 0 fully saturated rings. The molecular weight excluding hydrogens is 340 g/mol. The predicted octanol–water partition coefficient (Wildman–Crippen LogP) is 3.93. The summed E-state index contributed by atoms with van der Waals surface area (Å²) in [6.07, 6.45) is 1.47. The number of halogens is 4. The van der Waals surface area contributed by atoms with E-state index >= 15 is 0 Å². The molecule has 0 aliphatic rings. The molecule has 9 heteroatoms. The Morgan fingerprint density at radius 3 is 2.00 bits per heavy atom. The zero-order valence-electron chi connectivity index (χ0n) is 11.2. The molecule has 4 nitrogen and oxygen atoms in total. The van der Waals surface area contributed by atoms with Crippen LogP contribution in [0.25, 0.3) is 6.08 Å². The summed E-state index contributed by atoms with van der Waals surface area (Å²) in [5.74, 6) is -10.5. The number of benzene rings is 2. The maximum Gasteiger partial charge on any atom is 0.300 e. The van der Waals surface area contributed by atoms with E-state index in [1.807, 2.05) is 0 Å². The highest BCUT2D eigenvalue weighted by atomic mass is 32.2. The van der Waals surface area contributed by atoms with Gasteiger partial charge in [-0.05, 0) is 17.7 Å². The van der Waals surface area contributed by atoms with Crippen molar-refractivity contribution < 1.29 is 35.3 Å². The first-order valence-corrected chi connectivity index (χ1v) is 7.34. The van der Waals surface area contributed by atoms with Crippen molar-refractivity contribution in [2.75, 3.05) is 0 Å². The lowest BCUT2D eigenvalue weighted by Crippen LogP contribution is -2.11. The third-order valence-corrected chi connectivity index (χ3v) is 3.65.